The molecule has 1 nitrogen and oxygen atoms in total. The molecule has 2 aromatic carbocycles. The summed E-state index contributed by atoms with van der Waals surface area (Å²) in [6.07, 6.45) is 1.46. The van der Waals surface area contributed by atoms with E-state index in [0.29, 0.717) is 17.9 Å². The van der Waals surface area contributed by atoms with Crippen molar-refractivity contribution in [1.29, 1.82) is 0 Å². The average molecular weight is 293 g/mol. The molecule has 0 aliphatic carbocycles. The third kappa shape index (κ3) is 3.73. The summed E-state index contributed by atoms with van der Waals surface area (Å²) in [5.41, 5.74) is 1.88. The Balaban J connectivity index is 2.10. The second kappa shape index (κ2) is 7.30. The van der Waals surface area contributed by atoms with Crippen molar-refractivity contribution in [2.75, 3.05) is 13.0 Å². The number of halogens is 2. The molecular formula is C17H18ClFO. The Labute approximate surface area is 124 Å². The van der Waals surface area contributed by atoms with Gasteiger partial charge in [0.1, 0.15) is 0 Å². The van der Waals surface area contributed by atoms with Crippen LogP contribution in [-0.2, 0) is 12.8 Å². The first kappa shape index (κ1) is 14.9. The van der Waals surface area contributed by atoms with Crippen LogP contribution >= 0.6 is 11.6 Å². The second-order valence-electron chi connectivity index (χ2n) is 4.85. The number of alkyl halides is 1. The third-order valence-electron chi connectivity index (χ3n) is 3.36. The molecule has 0 aliphatic rings. The molecule has 2 aromatic rings. The predicted molar refractivity (Wildman–Crippen MR) is 81.0 cm³/mol. The minimum absolute atomic E-state index is 0.209. The summed E-state index contributed by atoms with van der Waals surface area (Å²) in [4.78, 5) is 0. The van der Waals surface area contributed by atoms with Crippen molar-refractivity contribution in [3.63, 3.8) is 0 Å². The van der Waals surface area contributed by atoms with Crippen LogP contribution in [0.5, 0.6) is 5.75 Å². The quantitative estimate of drug-likeness (QED) is 0.714. The molecule has 0 spiro atoms. The number of hydrogen-bond donors (Lipinski definition) is 0. The molecule has 0 saturated heterocycles. The summed E-state index contributed by atoms with van der Waals surface area (Å²) in [6.45, 7) is 0. The average Bonchev–Trinajstić information content (AvgIpc) is 2.49. The van der Waals surface area contributed by atoms with Gasteiger partial charge in [-0.15, -0.1) is 11.6 Å². The van der Waals surface area contributed by atoms with E-state index in [1.54, 1.807) is 12.1 Å². The molecule has 0 aromatic heterocycles. The van der Waals surface area contributed by atoms with Gasteiger partial charge in [0.2, 0.25) is 0 Å². The fourth-order valence-corrected chi connectivity index (χ4v) is 2.53. The summed E-state index contributed by atoms with van der Waals surface area (Å²) in [5, 5.41) is 0. The molecule has 0 fully saturated rings. The van der Waals surface area contributed by atoms with E-state index in [1.165, 1.54) is 12.7 Å². The van der Waals surface area contributed by atoms with Gasteiger partial charge in [-0.1, -0.05) is 42.5 Å². The predicted octanol–water partition coefficient (Wildman–Crippen LogP) is 4.47. The highest BCUT2D eigenvalue weighted by Crippen LogP contribution is 2.24. The number of rotatable bonds is 6. The minimum Gasteiger partial charge on any atom is -0.494 e. The standard InChI is InChI=1S/C17H18ClFO/c1-20-16-9-5-8-15(17(16)19)11-14(12-18)10-13-6-3-2-4-7-13/h2-9,14H,10-12H2,1H3. The van der Waals surface area contributed by atoms with Crippen LogP contribution in [0.3, 0.4) is 0 Å². The van der Waals surface area contributed by atoms with Crippen LogP contribution in [0.1, 0.15) is 11.1 Å². The van der Waals surface area contributed by atoms with E-state index in [2.05, 4.69) is 12.1 Å². The lowest BCUT2D eigenvalue weighted by Crippen LogP contribution is -2.11. The van der Waals surface area contributed by atoms with E-state index in [-0.39, 0.29) is 17.5 Å². The van der Waals surface area contributed by atoms with Crippen molar-refractivity contribution in [3.05, 3.63) is 65.5 Å². The van der Waals surface area contributed by atoms with Gasteiger partial charge in [-0.2, -0.15) is 0 Å². The number of hydrogen-bond acceptors (Lipinski definition) is 1. The van der Waals surface area contributed by atoms with Crippen LogP contribution in [0.25, 0.3) is 0 Å². The molecule has 0 bridgehead atoms. The highest BCUT2D eigenvalue weighted by Gasteiger charge is 2.14. The Kier molecular flexibility index (Phi) is 5.42. The van der Waals surface area contributed by atoms with Crippen LogP contribution < -0.4 is 4.74 Å². The molecule has 106 valence electrons. The van der Waals surface area contributed by atoms with Crippen molar-refractivity contribution >= 4 is 11.6 Å². The molecule has 0 N–H and O–H groups in total. The molecule has 2 rings (SSSR count). The molecule has 0 aliphatic heterocycles. The van der Waals surface area contributed by atoms with Crippen molar-refractivity contribution in [3.8, 4) is 5.75 Å². The highest BCUT2D eigenvalue weighted by atomic mass is 35.5. The van der Waals surface area contributed by atoms with Gasteiger partial charge < -0.3 is 4.74 Å². The fraction of sp³-hybridized carbons (Fsp3) is 0.294. The Morgan fingerprint density at radius 1 is 1.05 bits per heavy atom. The summed E-state index contributed by atoms with van der Waals surface area (Å²) in [6, 6.07) is 15.4. The second-order valence-corrected chi connectivity index (χ2v) is 5.16. The van der Waals surface area contributed by atoms with Gasteiger partial charge in [0.05, 0.1) is 7.11 Å². The fourth-order valence-electron chi connectivity index (χ4n) is 2.31. The smallest absolute Gasteiger partial charge is 0.168 e. The Hall–Kier alpha value is -1.54. The minimum atomic E-state index is -0.279. The van der Waals surface area contributed by atoms with Gasteiger partial charge in [0.15, 0.2) is 11.6 Å². The molecule has 0 heterocycles. The van der Waals surface area contributed by atoms with E-state index in [9.17, 15) is 4.39 Å². The first-order valence-electron chi connectivity index (χ1n) is 6.66. The summed E-state index contributed by atoms with van der Waals surface area (Å²) in [5.74, 6) is 0.723. The zero-order valence-corrected chi connectivity index (χ0v) is 12.2. The largest absolute Gasteiger partial charge is 0.494 e. The molecule has 0 amide bonds. The molecule has 20 heavy (non-hydrogen) atoms. The maximum atomic E-state index is 14.1. The van der Waals surface area contributed by atoms with E-state index >= 15 is 0 Å². The van der Waals surface area contributed by atoms with Gasteiger partial charge in [-0.3, -0.25) is 0 Å². The Bertz CT molecular complexity index is 542. The molecule has 3 heteroatoms. The van der Waals surface area contributed by atoms with Crippen molar-refractivity contribution < 1.29 is 9.13 Å². The van der Waals surface area contributed by atoms with E-state index in [0.717, 1.165) is 6.42 Å². The van der Waals surface area contributed by atoms with Crippen molar-refractivity contribution in [1.82, 2.24) is 0 Å². The van der Waals surface area contributed by atoms with Crippen LogP contribution in [0.4, 0.5) is 4.39 Å². The zero-order chi connectivity index (χ0) is 14.4. The van der Waals surface area contributed by atoms with Crippen LogP contribution in [0, 0.1) is 11.7 Å². The molecular weight excluding hydrogens is 275 g/mol. The lowest BCUT2D eigenvalue weighted by atomic mass is 9.94. The molecule has 1 atom stereocenters. The number of methoxy groups -OCH3 is 1. The topological polar surface area (TPSA) is 9.23 Å². The molecule has 1 unspecified atom stereocenters. The van der Waals surface area contributed by atoms with Crippen molar-refractivity contribution in [2.24, 2.45) is 5.92 Å². The monoisotopic (exact) mass is 292 g/mol. The van der Waals surface area contributed by atoms with Gasteiger partial charge in [-0.25, -0.2) is 4.39 Å². The van der Waals surface area contributed by atoms with E-state index < -0.39 is 0 Å². The lowest BCUT2D eigenvalue weighted by molar-refractivity contribution is 0.382. The van der Waals surface area contributed by atoms with Gasteiger partial charge in [-0.05, 0) is 36.0 Å². The van der Waals surface area contributed by atoms with Crippen molar-refractivity contribution in [2.45, 2.75) is 12.8 Å². The number of benzene rings is 2. The summed E-state index contributed by atoms with van der Waals surface area (Å²) < 4.78 is 19.2. The lowest BCUT2D eigenvalue weighted by Gasteiger charge is -2.15. The first-order valence-corrected chi connectivity index (χ1v) is 7.19. The highest BCUT2D eigenvalue weighted by molar-refractivity contribution is 6.18. The van der Waals surface area contributed by atoms with Crippen LogP contribution in [0.15, 0.2) is 48.5 Å². The Morgan fingerprint density at radius 3 is 2.45 bits per heavy atom. The SMILES string of the molecule is COc1cccc(CC(CCl)Cc2ccccc2)c1F. The normalized spacial score (nSPS) is 12.2. The maximum absolute atomic E-state index is 14.1. The summed E-state index contributed by atoms with van der Waals surface area (Å²) in [7, 11) is 1.48. The van der Waals surface area contributed by atoms with Gasteiger partial charge >= 0.3 is 0 Å². The van der Waals surface area contributed by atoms with E-state index in [4.69, 9.17) is 16.3 Å². The molecule has 0 radical (unpaired) electrons. The van der Waals surface area contributed by atoms with Crippen LogP contribution in [-0.4, -0.2) is 13.0 Å². The van der Waals surface area contributed by atoms with Gasteiger partial charge in [0.25, 0.3) is 0 Å². The summed E-state index contributed by atoms with van der Waals surface area (Å²) >= 11 is 6.04. The Morgan fingerprint density at radius 2 is 1.80 bits per heavy atom. The zero-order valence-electron chi connectivity index (χ0n) is 11.5. The molecule has 0 saturated carbocycles. The maximum Gasteiger partial charge on any atom is 0.168 e. The van der Waals surface area contributed by atoms with E-state index in [1.807, 2.05) is 24.3 Å². The van der Waals surface area contributed by atoms with Gasteiger partial charge in [0, 0.05) is 5.88 Å². The number of ether oxygens (including phenoxy) is 1. The van der Waals surface area contributed by atoms with Crippen LogP contribution in [0.2, 0.25) is 0 Å². The first-order chi connectivity index (χ1) is 9.74. The third-order valence-corrected chi connectivity index (χ3v) is 3.79.